The molecule has 4 rings (SSSR count). The average Bonchev–Trinajstić information content (AvgIpc) is 3.36. The highest BCUT2D eigenvalue weighted by atomic mass is 16.5. The van der Waals surface area contributed by atoms with Crippen LogP contribution in [0.25, 0.3) is 0 Å². The quantitative estimate of drug-likeness (QED) is 0.826. The minimum Gasteiger partial charge on any atom is -0.345 e. The van der Waals surface area contributed by atoms with Crippen LogP contribution in [0.3, 0.4) is 0 Å². The first-order chi connectivity index (χ1) is 12.6. The minimum atomic E-state index is 0.0831. The van der Waals surface area contributed by atoms with Gasteiger partial charge in [-0.3, -0.25) is 9.69 Å². The number of nitrogens with zero attached hydrogens (tertiary/aromatic N) is 4. The van der Waals surface area contributed by atoms with Crippen LogP contribution >= 0.6 is 0 Å². The van der Waals surface area contributed by atoms with Crippen LogP contribution < -0.4 is 0 Å². The van der Waals surface area contributed by atoms with Crippen molar-refractivity contribution in [3.8, 4) is 0 Å². The van der Waals surface area contributed by atoms with Crippen LogP contribution in [-0.4, -0.2) is 52.0 Å². The van der Waals surface area contributed by atoms with Crippen molar-refractivity contribution in [3.63, 3.8) is 0 Å². The first kappa shape index (κ1) is 17.2. The molecular formula is C20H26N4O2. The van der Waals surface area contributed by atoms with Crippen molar-refractivity contribution >= 4 is 5.91 Å². The van der Waals surface area contributed by atoms with Crippen LogP contribution in [0.5, 0.6) is 0 Å². The van der Waals surface area contributed by atoms with E-state index in [2.05, 4.69) is 45.4 Å². The predicted octanol–water partition coefficient (Wildman–Crippen LogP) is 2.60. The summed E-state index contributed by atoms with van der Waals surface area (Å²) in [6, 6.07) is 11.4. The van der Waals surface area contributed by atoms with Crippen molar-refractivity contribution in [2.24, 2.45) is 5.92 Å². The van der Waals surface area contributed by atoms with Crippen LogP contribution in [0.1, 0.15) is 42.6 Å². The molecule has 0 radical (unpaired) electrons. The Morgan fingerprint density at radius 2 is 2.15 bits per heavy atom. The molecule has 0 bridgehead atoms. The highest BCUT2D eigenvalue weighted by Crippen LogP contribution is 2.45. The summed E-state index contributed by atoms with van der Waals surface area (Å²) in [5, 5.41) is 3.92. The van der Waals surface area contributed by atoms with E-state index in [9.17, 15) is 4.79 Å². The summed E-state index contributed by atoms with van der Waals surface area (Å²) in [4.78, 5) is 21.7. The fourth-order valence-corrected chi connectivity index (χ4v) is 4.54. The lowest BCUT2D eigenvalue weighted by Crippen LogP contribution is -2.39. The van der Waals surface area contributed by atoms with Crippen LogP contribution in [0.4, 0.5) is 0 Å². The predicted molar refractivity (Wildman–Crippen MR) is 97.4 cm³/mol. The number of aryl methyl sites for hydroxylation is 1. The summed E-state index contributed by atoms with van der Waals surface area (Å²) in [6.07, 6.45) is 3.85. The van der Waals surface area contributed by atoms with E-state index in [1.807, 2.05) is 11.9 Å². The first-order valence-corrected chi connectivity index (χ1v) is 9.48. The van der Waals surface area contributed by atoms with Crippen molar-refractivity contribution in [1.29, 1.82) is 0 Å². The van der Waals surface area contributed by atoms with Crippen molar-refractivity contribution in [2.75, 3.05) is 20.1 Å². The fourth-order valence-electron chi connectivity index (χ4n) is 4.54. The third-order valence-electron chi connectivity index (χ3n) is 5.80. The van der Waals surface area contributed by atoms with E-state index in [1.54, 1.807) is 6.92 Å². The Labute approximate surface area is 154 Å². The van der Waals surface area contributed by atoms with Crippen molar-refractivity contribution in [1.82, 2.24) is 19.9 Å². The number of benzene rings is 1. The zero-order valence-electron chi connectivity index (χ0n) is 15.5. The van der Waals surface area contributed by atoms with E-state index < -0.39 is 0 Å². The molecule has 0 unspecified atom stereocenters. The van der Waals surface area contributed by atoms with Gasteiger partial charge in [0.25, 0.3) is 0 Å². The molecule has 0 saturated carbocycles. The van der Waals surface area contributed by atoms with Gasteiger partial charge in [0.2, 0.25) is 11.8 Å². The zero-order chi connectivity index (χ0) is 18.1. The molecule has 0 N–H and O–H groups in total. The number of amides is 1. The van der Waals surface area contributed by atoms with Crippen LogP contribution in [0, 0.1) is 12.8 Å². The smallest absolute Gasteiger partial charge is 0.227 e. The lowest BCUT2D eigenvalue weighted by atomic mass is 9.93. The molecule has 138 valence electrons. The molecule has 2 aliphatic heterocycles. The third-order valence-corrected chi connectivity index (χ3v) is 5.80. The molecule has 6 nitrogen and oxygen atoms in total. The molecule has 1 amide bonds. The van der Waals surface area contributed by atoms with Crippen molar-refractivity contribution in [3.05, 3.63) is 47.6 Å². The number of hydrogen-bond donors (Lipinski definition) is 0. The molecule has 2 aromatic rings. The van der Waals surface area contributed by atoms with Gasteiger partial charge in [-0.2, -0.15) is 4.98 Å². The van der Waals surface area contributed by atoms with Crippen LogP contribution in [0.2, 0.25) is 0 Å². The zero-order valence-corrected chi connectivity index (χ0v) is 15.5. The number of hydrogen-bond acceptors (Lipinski definition) is 5. The van der Waals surface area contributed by atoms with Gasteiger partial charge in [-0.25, -0.2) is 0 Å². The Bertz CT molecular complexity index is 760. The number of aromatic nitrogens is 2. The SMILES string of the molecule is Cc1nc(CCN(C)C(=O)[C@@H]2C[C@H](c3ccccc3)N3CCC[C@@H]23)no1. The summed E-state index contributed by atoms with van der Waals surface area (Å²) < 4.78 is 5.01. The highest BCUT2D eigenvalue weighted by Gasteiger charge is 2.47. The fraction of sp³-hybridized carbons (Fsp3) is 0.550. The lowest BCUT2D eigenvalue weighted by Gasteiger charge is -2.25. The van der Waals surface area contributed by atoms with E-state index in [0.717, 1.165) is 19.4 Å². The van der Waals surface area contributed by atoms with E-state index in [-0.39, 0.29) is 11.8 Å². The Balaban J connectivity index is 1.43. The van der Waals surface area contributed by atoms with Gasteiger partial charge in [0.05, 0.1) is 5.92 Å². The molecule has 2 saturated heterocycles. The molecule has 0 aliphatic carbocycles. The molecule has 3 heterocycles. The first-order valence-electron chi connectivity index (χ1n) is 9.48. The van der Waals surface area contributed by atoms with E-state index in [1.165, 1.54) is 12.0 Å². The summed E-state index contributed by atoms with van der Waals surface area (Å²) in [5.41, 5.74) is 1.33. The normalized spacial score (nSPS) is 25.4. The van der Waals surface area contributed by atoms with Crippen LogP contribution in [0.15, 0.2) is 34.9 Å². The standard InChI is InChI=1S/C20H26N4O2/c1-14-21-19(22-26-14)10-12-23(2)20(25)16-13-18(15-7-4-3-5-8-15)24-11-6-9-17(16)24/h3-5,7-8,16-18H,6,9-13H2,1-2H3/t16-,17+,18-/m1/s1. The second kappa shape index (κ2) is 7.19. The maximum atomic E-state index is 13.1. The molecule has 2 aliphatic rings. The largest absolute Gasteiger partial charge is 0.345 e. The molecule has 26 heavy (non-hydrogen) atoms. The second-order valence-corrected chi connectivity index (χ2v) is 7.46. The number of rotatable bonds is 5. The van der Waals surface area contributed by atoms with E-state index in [4.69, 9.17) is 4.52 Å². The topological polar surface area (TPSA) is 62.5 Å². The Morgan fingerprint density at radius 1 is 1.35 bits per heavy atom. The number of carbonyl (C=O) groups is 1. The van der Waals surface area contributed by atoms with E-state index >= 15 is 0 Å². The summed E-state index contributed by atoms with van der Waals surface area (Å²) in [6.45, 7) is 3.50. The maximum Gasteiger partial charge on any atom is 0.227 e. The van der Waals surface area contributed by atoms with Gasteiger partial charge in [-0.15, -0.1) is 0 Å². The molecular weight excluding hydrogens is 328 g/mol. The van der Waals surface area contributed by atoms with Gasteiger partial charge in [0, 0.05) is 39.0 Å². The van der Waals surface area contributed by atoms with E-state index in [0.29, 0.717) is 36.8 Å². The van der Waals surface area contributed by atoms with Gasteiger partial charge in [-0.1, -0.05) is 35.5 Å². The molecule has 3 atom stereocenters. The lowest BCUT2D eigenvalue weighted by molar-refractivity contribution is -0.134. The van der Waals surface area contributed by atoms with Crippen LogP contribution in [-0.2, 0) is 11.2 Å². The second-order valence-electron chi connectivity index (χ2n) is 7.46. The van der Waals surface area contributed by atoms with Crippen molar-refractivity contribution < 1.29 is 9.32 Å². The van der Waals surface area contributed by atoms with Crippen molar-refractivity contribution in [2.45, 2.75) is 44.7 Å². The number of carbonyl (C=O) groups excluding carboxylic acids is 1. The molecule has 6 heteroatoms. The molecule has 1 aromatic carbocycles. The minimum absolute atomic E-state index is 0.0831. The number of likely N-dealkylation sites (N-methyl/N-ethyl adjacent to an activating group) is 1. The highest BCUT2D eigenvalue weighted by molar-refractivity contribution is 5.80. The van der Waals surface area contributed by atoms with Gasteiger partial charge in [-0.05, 0) is 31.4 Å². The third kappa shape index (κ3) is 3.26. The summed E-state index contributed by atoms with van der Waals surface area (Å²) in [7, 11) is 1.89. The molecule has 1 aromatic heterocycles. The van der Waals surface area contributed by atoms with Gasteiger partial charge < -0.3 is 9.42 Å². The monoisotopic (exact) mass is 354 g/mol. The summed E-state index contributed by atoms with van der Waals surface area (Å²) in [5.74, 6) is 1.57. The Morgan fingerprint density at radius 3 is 2.88 bits per heavy atom. The Hall–Kier alpha value is -2.21. The van der Waals surface area contributed by atoms with Gasteiger partial charge >= 0.3 is 0 Å². The maximum absolute atomic E-state index is 13.1. The average molecular weight is 354 g/mol. The molecule has 2 fully saturated rings. The van der Waals surface area contributed by atoms with Gasteiger partial charge in [0.1, 0.15) is 0 Å². The Kier molecular flexibility index (Phi) is 4.76. The molecule has 0 spiro atoms. The number of fused-ring (bicyclic) bond motifs is 1. The summed E-state index contributed by atoms with van der Waals surface area (Å²) >= 11 is 0. The van der Waals surface area contributed by atoms with Gasteiger partial charge in [0.15, 0.2) is 5.82 Å².